The van der Waals surface area contributed by atoms with Gasteiger partial charge in [0.25, 0.3) is 17.7 Å². The number of nitrogens with two attached hydrogens (primary N) is 1. The van der Waals surface area contributed by atoms with E-state index in [1.807, 2.05) is 6.07 Å². The Morgan fingerprint density at radius 2 is 1.79 bits per heavy atom. The number of primary amides is 1. The van der Waals surface area contributed by atoms with Gasteiger partial charge in [0.2, 0.25) is 0 Å². The summed E-state index contributed by atoms with van der Waals surface area (Å²) in [7, 11) is 0. The molecule has 3 amide bonds. The monoisotopic (exact) mass is 401 g/mol. The van der Waals surface area contributed by atoms with Crippen LogP contribution in [0.1, 0.15) is 56.2 Å². The summed E-state index contributed by atoms with van der Waals surface area (Å²) in [5.74, 6) is -1.31. The molecular weight excluding hydrogens is 378 g/mol. The lowest BCUT2D eigenvalue weighted by Gasteiger charge is -2.10. The van der Waals surface area contributed by atoms with Gasteiger partial charge in [0.05, 0.1) is 10.4 Å². The second kappa shape index (κ2) is 9.36. The van der Waals surface area contributed by atoms with Gasteiger partial charge in [-0.3, -0.25) is 25.2 Å². The molecule has 1 aliphatic carbocycles. The molecule has 0 radical (unpaired) electrons. The van der Waals surface area contributed by atoms with Crippen LogP contribution in [0.2, 0.25) is 0 Å². The smallest absolute Gasteiger partial charge is 0.279 e. The third-order valence-corrected chi connectivity index (χ3v) is 5.78. The normalized spacial score (nSPS) is 13.6. The van der Waals surface area contributed by atoms with Crippen LogP contribution in [0.25, 0.3) is 0 Å². The predicted molar refractivity (Wildman–Crippen MR) is 106 cm³/mol. The molecule has 0 saturated heterocycles. The van der Waals surface area contributed by atoms with E-state index in [0.717, 1.165) is 25.7 Å². The fourth-order valence-electron chi connectivity index (χ4n) is 3.12. The van der Waals surface area contributed by atoms with Crippen molar-refractivity contribution in [1.29, 1.82) is 0 Å². The van der Waals surface area contributed by atoms with Gasteiger partial charge in [-0.25, -0.2) is 0 Å². The Labute approximate surface area is 167 Å². The first-order chi connectivity index (χ1) is 13.5. The van der Waals surface area contributed by atoms with Crippen molar-refractivity contribution in [3.05, 3.63) is 51.2 Å². The van der Waals surface area contributed by atoms with Crippen LogP contribution in [0.4, 0.5) is 0 Å². The highest BCUT2D eigenvalue weighted by Gasteiger charge is 2.17. The number of hydrogen-bond donors (Lipinski definition) is 3. The van der Waals surface area contributed by atoms with Crippen LogP contribution in [0.5, 0.6) is 5.75 Å². The molecule has 1 aromatic heterocycles. The third kappa shape index (κ3) is 5.10. The van der Waals surface area contributed by atoms with Crippen LogP contribution in [0.15, 0.2) is 30.3 Å². The molecule has 28 heavy (non-hydrogen) atoms. The van der Waals surface area contributed by atoms with Gasteiger partial charge in [0.1, 0.15) is 5.75 Å². The Hall–Kier alpha value is -2.87. The number of fused-ring (bicyclic) bond motifs is 1. The highest BCUT2D eigenvalue weighted by Crippen LogP contribution is 2.28. The number of para-hydroxylation sites is 1. The van der Waals surface area contributed by atoms with E-state index in [1.165, 1.54) is 40.7 Å². The zero-order chi connectivity index (χ0) is 19.9. The summed E-state index contributed by atoms with van der Waals surface area (Å²) in [5.41, 5.74) is 11.4. The number of carbonyl (C=O) groups excluding carboxylic acids is 3. The summed E-state index contributed by atoms with van der Waals surface area (Å²) in [4.78, 5) is 37.5. The Balaban J connectivity index is 1.51. The fraction of sp³-hybridized carbons (Fsp3) is 0.350. The van der Waals surface area contributed by atoms with Gasteiger partial charge in [-0.2, -0.15) is 0 Å². The molecule has 1 aliphatic rings. The van der Waals surface area contributed by atoms with Gasteiger partial charge in [0, 0.05) is 4.88 Å². The lowest BCUT2D eigenvalue weighted by Crippen LogP contribution is -2.43. The molecule has 1 heterocycles. The van der Waals surface area contributed by atoms with Crippen LogP contribution in [0.3, 0.4) is 0 Å². The summed E-state index contributed by atoms with van der Waals surface area (Å²) in [6.45, 7) is -0.356. The minimum atomic E-state index is -0.641. The number of ether oxygens (including phenoxy) is 1. The molecule has 0 bridgehead atoms. The van der Waals surface area contributed by atoms with Gasteiger partial charge in [0.15, 0.2) is 6.61 Å². The molecule has 0 unspecified atom stereocenters. The molecule has 0 fully saturated rings. The predicted octanol–water partition coefficient (Wildman–Crippen LogP) is 2.35. The minimum absolute atomic E-state index is 0.190. The standard InChI is InChI=1S/C20H23N3O4S/c21-19(25)14-8-5-6-9-15(14)27-12-18(24)22-23-20(26)17-11-13-7-3-1-2-4-10-16(13)28-17/h5-6,8-9,11H,1-4,7,10,12H2,(H2,21,25)(H,22,24)(H,23,26). The number of rotatable bonds is 5. The van der Waals surface area contributed by atoms with Gasteiger partial charge >= 0.3 is 0 Å². The first kappa shape index (κ1) is 19.9. The molecule has 7 nitrogen and oxygen atoms in total. The third-order valence-electron chi connectivity index (χ3n) is 4.55. The molecule has 0 atom stereocenters. The van der Waals surface area contributed by atoms with Crippen LogP contribution < -0.4 is 21.3 Å². The Morgan fingerprint density at radius 1 is 1.04 bits per heavy atom. The first-order valence-corrected chi connectivity index (χ1v) is 10.1. The van der Waals surface area contributed by atoms with Crippen molar-refractivity contribution in [2.75, 3.05) is 6.61 Å². The topological polar surface area (TPSA) is 111 Å². The number of amides is 3. The van der Waals surface area contributed by atoms with E-state index >= 15 is 0 Å². The quantitative estimate of drug-likeness (QED) is 0.668. The summed E-state index contributed by atoms with van der Waals surface area (Å²) >= 11 is 1.49. The molecular formula is C20H23N3O4S. The molecule has 3 rings (SSSR count). The van der Waals surface area contributed by atoms with Crippen LogP contribution >= 0.6 is 11.3 Å². The number of hydrogen-bond acceptors (Lipinski definition) is 5. The molecule has 148 valence electrons. The summed E-state index contributed by atoms with van der Waals surface area (Å²) in [6.07, 6.45) is 6.76. The number of aryl methyl sites for hydroxylation is 2. The maximum atomic E-state index is 12.3. The summed E-state index contributed by atoms with van der Waals surface area (Å²) < 4.78 is 5.33. The molecule has 2 aromatic rings. The first-order valence-electron chi connectivity index (χ1n) is 9.27. The number of nitrogens with one attached hydrogen (secondary N) is 2. The maximum Gasteiger partial charge on any atom is 0.279 e. The second-order valence-corrected chi connectivity index (χ2v) is 7.76. The van der Waals surface area contributed by atoms with Crippen molar-refractivity contribution in [3.8, 4) is 5.75 Å². The van der Waals surface area contributed by atoms with Gasteiger partial charge in [-0.15, -0.1) is 11.3 Å². The Kier molecular flexibility index (Phi) is 6.65. The molecule has 0 spiro atoms. The van der Waals surface area contributed by atoms with Crippen LogP contribution in [-0.4, -0.2) is 24.3 Å². The van der Waals surface area contributed by atoms with Crippen molar-refractivity contribution in [1.82, 2.24) is 10.9 Å². The fourth-order valence-corrected chi connectivity index (χ4v) is 4.27. The van der Waals surface area contributed by atoms with Crippen molar-refractivity contribution in [2.45, 2.75) is 38.5 Å². The lowest BCUT2D eigenvalue weighted by atomic mass is 10.00. The average molecular weight is 401 g/mol. The van der Waals surface area contributed by atoms with E-state index in [1.54, 1.807) is 18.2 Å². The minimum Gasteiger partial charge on any atom is -0.483 e. The van der Waals surface area contributed by atoms with Gasteiger partial charge < -0.3 is 10.5 Å². The van der Waals surface area contributed by atoms with Crippen LogP contribution in [0, 0.1) is 0 Å². The number of benzene rings is 1. The van der Waals surface area contributed by atoms with Gasteiger partial charge in [-0.1, -0.05) is 25.0 Å². The highest BCUT2D eigenvalue weighted by molar-refractivity contribution is 7.14. The van der Waals surface area contributed by atoms with Crippen LogP contribution in [-0.2, 0) is 17.6 Å². The van der Waals surface area contributed by atoms with Crippen molar-refractivity contribution in [2.24, 2.45) is 5.73 Å². The molecule has 4 N–H and O–H groups in total. The molecule has 1 aromatic carbocycles. The van der Waals surface area contributed by atoms with E-state index in [9.17, 15) is 14.4 Å². The number of thiophene rings is 1. The Morgan fingerprint density at radius 3 is 2.57 bits per heavy atom. The van der Waals surface area contributed by atoms with Crippen molar-refractivity contribution in [3.63, 3.8) is 0 Å². The van der Waals surface area contributed by atoms with Crippen molar-refractivity contribution < 1.29 is 19.1 Å². The zero-order valence-corrected chi connectivity index (χ0v) is 16.3. The van der Waals surface area contributed by atoms with Gasteiger partial charge in [-0.05, 0) is 49.4 Å². The lowest BCUT2D eigenvalue weighted by molar-refractivity contribution is -0.123. The summed E-state index contributed by atoms with van der Waals surface area (Å²) in [5, 5.41) is 0. The molecule has 0 saturated carbocycles. The van der Waals surface area contributed by atoms with E-state index < -0.39 is 11.8 Å². The maximum absolute atomic E-state index is 12.3. The van der Waals surface area contributed by atoms with E-state index in [0.29, 0.717) is 4.88 Å². The van der Waals surface area contributed by atoms with E-state index in [-0.39, 0.29) is 23.8 Å². The number of hydrazine groups is 1. The Bertz CT molecular complexity index is 853. The largest absolute Gasteiger partial charge is 0.483 e. The average Bonchev–Trinajstić information content (AvgIpc) is 3.06. The second-order valence-electron chi connectivity index (χ2n) is 6.62. The van der Waals surface area contributed by atoms with E-state index in [2.05, 4.69) is 10.9 Å². The number of carbonyl (C=O) groups is 3. The van der Waals surface area contributed by atoms with E-state index in [4.69, 9.17) is 10.5 Å². The SMILES string of the molecule is NC(=O)c1ccccc1OCC(=O)NNC(=O)c1cc2c(s1)CCCCCC2. The summed E-state index contributed by atoms with van der Waals surface area (Å²) in [6, 6.07) is 8.31. The van der Waals surface area contributed by atoms with Crippen molar-refractivity contribution >= 4 is 29.1 Å². The highest BCUT2D eigenvalue weighted by atomic mass is 32.1. The molecule has 8 heteroatoms. The zero-order valence-electron chi connectivity index (χ0n) is 15.5. The molecule has 0 aliphatic heterocycles.